The molecule has 2 N–H and O–H groups in total. The van der Waals surface area contributed by atoms with Gasteiger partial charge in [0.1, 0.15) is 5.82 Å². The molecule has 2 amide bonds. The SMILES string of the molecule is CC(=O)NCCNC(=O)c1ccc(F)cc1Cl. The number of benzene rings is 1. The Morgan fingerprint density at radius 1 is 1.29 bits per heavy atom. The summed E-state index contributed by atoms with van der Waals surface area (Å²) in [7, 11) is 0. The minimum atomic E-state index is -0.496. The lowest BCUT2D eigenvalue weighted by atomic mass is 10.2. The molecule has 0 aliphatic carbocycles. The molecular formula is C11H12ClFN2O2. The average molecular weight is 259 g/mol. The van der Waals surface area contributed by atoms with Crippen LogP contribution in [0.5, 0.6) is 0 Å². The third-order valence-electron chi connectivity index (χ3n) is 1.96. The first-order valence-corrected chi connectivity index (χ1v) is 5.36. The summed E-state index contributed by atoms with van der Waals surface area (Å²) >= 11 is 5.72. The number of halogens is 2. The first-order chi connectivity index (χ1) is 8.00. The largest absolute Gasteiger partial charge is 0.355 e. The quantitative estimate of drug-likeness (QED) is 0.801. The van der Waals surface area contributed by atoms with Crippen molar-refractivity contribution in [3.05, 3.63) is 34.6 Å². The van der Waals surface area contributed by atoms with Crippen molar-refractivity contribution in [3.8, 4) is 0 Å². The molecule has 0 heterocycles. The number of carbonyl (C=O) groups is 2. The lowest BCUT2D eigenvalue weighted by molar-refractivity contribution is -0.118. The van der Waals surface area contributed by atoms with Crippen molar-refractivity contribution in [3.63, 3.8) is 0 Å². The van der Waals surface area contributed by atoms with E-state index in [1.807, 2.05) is 0 Å². The van der Waals surface area contributed by atoms with Crippen molar-refractivity contribution in [1.82, 2.24) is 10.6 Å². The lowest BCUT2D eigenvalue weighted by Crippen LogP contribution is -2.33. The van der Waals surface area contributed by atoms with Gasteiger partial charge in [-0.1, -0.05) is 11.6 Å². The van der Waals surface area contributed by atoms with Gasteiger partial charge < -0.3 is 10.6 Å². The summed E-state index contributed by atoms with van der Waals surface area (Å²) < 4.78 is 12.7. The van der Waals surface area contributed by atoms with E-state index < -0.39 is 11.7 Å². The molecule has 0 bridgehead atoms. The molecule has 0 radical (unpaired) electrons. The third-order valence-corrected chi connectivity index (χ3v) is 2.27. The summed E-state index contributed by atoms with van der Waals surface area (Å²) in [4.78, 5) is 22.2. The summed E-state index contributed by atoms with van der Waals surface area (Å²) in [5, 5.41) is 5.14. The van der Waals surface area contributed by atoms with Gasteiger partial charge in [-0.15, -0.1) is 0 Å². The van der Waals surface area contributed by atoms with Crippen LogP contribution in [0.25, 0.3) is 0 Å². The van der Waals surface area contributed by atoms with Crippen LogP contribution >= 0.6 is 11.6 Å². The predicted molar refractivity (Wildman–Crippen MR) is 62.4 cm³/mol. The number of nitrogens with one attached hydrogen (secondary N) is 2. The van der Waals surface area contributed by atoms with E-state index in [-0.39, 0.29) is 23.0 Å². The Kier molecular flexibility index (Phi) is 4.90. The Morgan fingerprint density at radius 3 is 2.53 bits per heavy atom. The van der Waals surface area contributed by atoms with Crippen LogP contribution in [-0.4, -0.2) is 24.9 Å². The molecule has 92 valence electrons. The van der Waals surface area contributed by atoms with Crippen molar-refractivity contribution < 1.29 is 14.0 Å². The van der Waals surface area contributed by atoms with Crippen LogP contribution < -0.4 is 10.6 Å². The fraction of sp³-hybridized carbons (Fsp3) is 0.273. The van der Waals surface area contributed by atoms with Gasteiger partial charge in [0.2, 0.25) is 5.91 Å². The maximum Gasteiger partial charge on any atom is 0.252 e. The van der Waals surface area contributed by atoms with Gasteiger partial charge in [0.05, 0.1) is 10.6 Å². The second kappa shape index (κ2) is 6.20. The van der Waals surface area contributed by atoms with Gasteiger partial charge >= 0.3 is 0 Å². The molecule has 1 rings (SSSR count). The molecule has 0 saturated heterocycles. The monoisotopic (exact) mass is 258 g/mol. The van der Waals surface area contributed by atoms with Crippen LogP contribution in [0.1, 0.15) is 17.3 Å². The molecule has 0 aliphatic rings. The van der Waals surface area contributed by atoms with Crippen LogP contribution in [0.15, 0.2) is 18.2 Å². The first kappa shape index (κ1) is 13.4. The highest BCUT2D eigenvalue weighted by atomic mass is 35.5. The fourth-order valence-electron chi connectivity index (χ4n) is 1.18. The molecule has 17 heavy (non-hydrogen) atoms. The summed E-state index contributed by atoms with van der Waals surface area (Å²) in [5.74, 6) is -1.07. The molecule has 4 nitrogen and oxygen atoms in total. The van der Waals surface area contributed by atoms with Crippen molar-refractivity contribution in [2.45, 2.75) is 6.92 Å². The number of amides is 2. The first-order valence-electron chi connectivity index (χ1n) is 4.98. The lowest BCUT2D eigenvalue weighted by Gasteiger charge is -2.07. The van der Waals surface area contributed by atoms with Crippen LogP contribution in [0.3, 0.4) is 0 Å². The van der Waals surface area contributed by atoms with E-state index in [0.29, 0.717) is 6.54 Å². The molecule has 6 heteroatoms. The highest BCUT2D eigenvalue weighted by molar-refractivity contribution is 6.33. The number of rotatable bonds is 4. The molecular weight excluding hydrogens is 247 g/mol. The van der Waals surface area contributed by atoms with Crippen molar-refractivity contribution in [1.29, 1.82) is 0 Å². The Morgan fingerprint density at radius 2 is 1.94 bits per heavy atom. The Labute approximate surface area is 103 Å². The van der Waals surface area contributed by atoms with Crippen LogP contribution in [0.4, 0.5) is 4.39 Å². The van der Waals surface area contributed by atoms with Crippen molar-refractivity contribution in [2.75, 3.05) is 13.1 Å². The summed E-state index contributed by atoms with van der Waals surface area (Å²) in [5.41, 5.74) is 0.205. The van der Waals surface area contributed by atoms with Gasteiger partial charge in [-0.3, -0.25) is 9.59 Å². The van der Waals surface area contributed by atoms with E-state index in [9.17, 15) is 14.0 Å². The van der Waals surface area contributed by atoms with Crippen molar-refractivity contribution >= 4 is 23.4 Å². The predicted octanol–water partition coefficient (Wildman–Crippen LogP) is 1.34. The molecule has 0 unspecified atom stereocenters. The second-order valence-electron chi connectivity index (χ2n) is 3.36. The maximum absolute atomic E-state index is 12.7. The zero-order valence-electron chi connectivity index (χ0n) is 9.22. The molecule has 1 aromatic carbocycles. The van der Waals surface area contributed by atoms with E-state index >= 15 is 0 Å². The molecule has 0 atom stereocenters. The Bertz CT molecular complexity index is 437. The van der Waals surface area contributed by atoms with Gasteiger partial charge in [-0.25, -0.2) is 4.39 Å². The average Bonchev–Trinajstić information content (AvgIpc) is 2.23. The maximum atomic E-state index is 12.7. The number of hydrogen-bond donors (Lipinski definition) is 2. The van der Waals surface area contributed by atoms with Gasteiger partial charge in [-0.05, 0) is 18.2 Å². The topological polar surface area (TPSA) is 58.2 Å². The molecule has 0 saturated carbocycles. The van der Waals surface area contributed by atoms with E-state index in [0.717, 1.165) is 12.1 Å². The Hall–Kier alpha value is -1.62. The minimum absolute atomic E-state index is 0.0574. The summed E-state index contributed by atoms with van der Waals surface area (Å²) in [6, 6.07) is 3.55. The van der Waals surface area contributed by atoms with Gasteiger partial charge in [0.25, 0.3) is 5.91 Å². The molecule has 1 aromatic rings. The second-order valence-corrected chi connectivity index (χ2v) is 3.77. The summed E-state index contributed by atoms with van der Waals surface area (Å²) in [6.45, 7) is 2.00. The van der Waals surface area contributed by atoms with E-state index in [2.05, 4.69) is 10.6 Å². The number of carbonyl (C=O) groups excluding carboxylic acids is 2. The van der Waals surface area contributed by atoms with E-state index in [4.69, 9.17) is 11.6 Å². The third kappa shape index (κ3) is 4.40. The fourth-order valence-corrected chi connectivity index (χ4v) is 1.44. The van der Waals surface area contributed by atoms with Crippen LogP contribution in [0, 0.1) is 5.82 Å². The number of hydrogen-bond acceptors (Lipinski definition) is 2. The molecule has 0 aromatic heterocycles. The minimum Gasteiger partial charge on any atom is -0.355 e. The van der Waals surface area contributed by atoms with Crippen LogP contribution in [0.2, 0.25) is 5.02 Å². The van der Waals surface area contributed by atoms with Gasteiger partial charge in [0.15, 0.2) is 0 Å². The molecule has 0 spiro atoms. The highest BCUT2D eigenvalue weighted by Crippen LogP contribution is 2.16. The normalized spacial score (nSPS) is 9.82. The van der Waals surface area contributed by atoms with E-state index in [1.165, 1.54) is 13.0 Å². The van der Waals surface area contributed by atoms with Crippen molar-refractivity contribution in [2.24, 2.45) is 0 Å². The zero-order chi connectivity index (χ0) is 12.8. The Balaban J connectivity index is 2.50. The summed E-state index contributed by atoms with van der Waals surface area (Å²) in [6.07, 6.45) is 0. The van der Waals surface area contributed by atoms with Crippen LogP contribution in [-0.2, 0) is 4.79 Å². The van der Waals surface area contributed by atoms with Gasteiger partial charge in [0, 0.05) is 20.0 Å². The molecule has 0 aliphatic heterocycles. The molecule has 0 fully saturated rings. The zero-order valence-corrected chi connectivity index (χ0v) is 9.97. The highest BCUT2D eigenvalue weighted by Gasteiger charge is 2.10. The van der Waals surface area contributed by atoms with Gasteiger partial charge in [-0.2, -0.15) is 0 Å². The standard InChI is InChI=1S/C11H12ClFN2O2/c1-7(16)14-4-5-15-11(17)9-3-2-8(13)6-10(9)12/h2-3,6H,4-5H2,1H3,(H,14,16)(H,15,17). The van der Waals surface area contributed by atoms with E-state index in [1.54, 1.807) is 0 Å². The smallest absolute Gasteiger partial charge is 0.252 e.